The third kappa shape index (κ3) is 5.78. The van der Waals surface area contributed by atoms with Gasteiger partial charge in [0.1, 0.15) is 17.7 Å². The molecule has 0 radical (unpaired) electrons. The quantitative estimate of drug-likeness (QED) is 0.826. The Balaban J connectivity index is 1.91. The van der Waals surface area contributed by atoms with Gasteiger partial charge in [-0.15, -0.1) is 0 Å². The van der Waals surface area contributed by atoms with E-state index in [4.69, 9.17) is 16.3 Å². The van der Waals surface area contributed by atoms with Crippen molar-refractivity contribution in [1.82, 2.24) is 9.71 Å². The summed E-state index contributed by atoms with van der Waals surface area (Å²) < 4.78 is 45.6. The van der Waals surface area contributed by atoms with Gasteiger partial charge in [0.25, 0.3) is 0 Å². The molecule has 0 aliphatic heterocycles. The number of sulfonamides is 1. The first-order chi connectivity index (χ1) is 10.9. The van der Waals surface area contributed by atoms with E-state index in [-0.39, 0.29) is 17.1 Å². The number of rotatable bonds is 7. The molecule has 1 aromatic carbocycles. The zero-order chi connectivity index (χ0) is 16.9. The number of hydrogen-bond donors (Lipinski definition) is 1. The minimum Gasteiger partial charge on any atom is -0.488 e. The second kappa shape index (κ2) is 7.72. The zero-order valence-electron chi connectivity index (χ0n) is 12.4. The van der Waals surface area contributed by atoms with Crippen molar-refractivity contribution < 1.29 is 17.5 Å². The van der Waals surface area contributed by atoms with Gasteiger partial charge in [0.15, 0.2) is 0 Å². The van der Waals surface area contributed by atoms with Crippen LogP contribution in [0.1, 0.15) is 12.5 Å². The van der Waals surface area contributed by atoms with Crippen molar-refractivity contribution in [3.8, 4) is 5.75 Å². The number of ether oxygens (including phenoxy) is 1. The Kier molecular flexibility index (Phi) is 5.92. The van der Waals surface area contributed by atoms with Crippen LogP contribution in [0.2, 0.25) is 5.02 Å². The highest BCUT2D eigenvalue weighted by Crippen LogP contribution is 2.16. The van der Waals surface area contributed by atoms with E-state index in [1.54, 1.807) is 25.3 Å². The standard InChI is InChI=1S/C15H16ClFN2O3S/c1-11(22-14-3-2-6-18-9-14)8-19-23(20,21)10-12-4-5-13(16)7-15(12)17/h2-7,9,11,19H,8,10H2,1H3. The molecule has 0 aliphatic rings. The molecular weight excluding hydrogens is 343 g/mol. The molecule has 2 rings (SSSR count). The van der Waals surface area contributed by atoms with E-state index < -0.39 is 27.7 Å². The molecule has 0 spiro atoms. The summed E-state index contributed by atoms with van der Waals surface area (Å²) in [6.45, 7) is 1.78. The zero-order valence-corrected chi connectivity index (χ0v) is 13.9. The average Bonchev–Trinajstić information content (AvgIpc) is 2.49. The molecule has 0 amide bonds. The van der Waals surface area contributed by atoms with Crippen LogP contribution < -0.4 is 9.46 Å². The van der Waals surface area contributed by atoms with Gasteiger partial charge in [0.05, 0.1) is 11.9 Å². The fourth-order valence-electron chi connectivity index (χ4n) is 1.83. The molecule has 0 saturated carbocycles. The van der Waals surface area contributed by atoms with Crippen LogP contribution in [0.4, 0.5) is 4.39 Å². The van der Waals surface area contributed by atoms with Crippen LogP contribution in [0.15, 0.2) is 42.7 Å². The SMILES string of the molecule is CC(CNS(=O)(=O)Cc1ccc(Cl)cc1F)Oc1cccnc1. The van der Waals surface area contributed by atoms with Crippen LogP contribution >= 0.6 is 11.6 Å². The molecule has 1 unspecified atom stereocenters. The van der Waals surface area contributed by atoms with Gasteiger partial charge in [0, 0.05) is 23.3 Å². The Morgan fingerprint density at radius 1 is 1.39 bits per heavy atom. The van der Waals surface area contributed by atoms with Crippen molar-refractivity contribution >= 4 is 21.6 Å². The van der Waals surface area contributed by atoms with Crippen LogP contribution in [-0.2, 0) is 15.8 Å². The number of nitrogens with zero attached hydrogens (tertiary/aromatic N) is 1. The number of benzene rings is 1. The maximum Gasteiger partial charge on any atom is 0.216 e. The van der Waals surface area contributed by atoms with Gasteiger partial charge < -0.3 is 4.74 Å². The van der Waals surface area contributed by atoms with Gasteiger partial charge in [-0.1, -0.05) is 17.7 Å². The molecule has 1 heterocycles. The van der Waals surface area contributed by atoms with Crippen LogP contribution in [0.3, 0.4) is 0 Å². The van der Waals surface area contributed by atoms with Crippen LogP contribution in [-0.4, -0.2) is 26.1 Å². The molecule has 0 aliphatic carbocycles. The number of pyridine rings is 1. The number of halogens is 2. The molecule has 8 heteroatoms. The Labute approximate surface area is 139 Å². The summed E-state index contributed by atoms with van der Waals surface area (Å²) in [4.78, 5) is 3.90. The topological polar surface area (TPSA) is 68.3 Å². The van der Waals surface area contributed by atoms with Crippen molar-refractivity contribution in [2.24, 2.45) is 0 Å². The van der Waals surface area contributed by atoms with E-state index in [2.05, 4.69) is 9.71 Å². The highest BCUT2D eigenvalue weighted by Gasteiger charge is 2.16. The first-order valence-corrected chi connectivity index (χ1v) is 8.87. The molecule has 0 saturated heterocycles. The lowest BCUT2D eigenvalue weighted by molar-refractivity contribution is 0.224. The Morgan fingerprint density at radius 3 is 2.83 bits per heavy atom. The van der Waals surface area contributed by atoms with Crippen molar-refractivity contribution in [1.29, 1.82) is 0 Å². The van der Waals surface area contributed by atoms with Crippen LogP contribution in [0.5, 0.6) is 5.75 Å². The first kappa shape index (κ1) is 17.7. The maximum atomic E-state index is 13.7. The van der Waals surface area contributed by atoms with E-state index in [0.29, 0.717) is 5.75 Å². The van der Waals surface area contributed by atoms with Crippen molar-refractivity contribution in [3.63, 3.8) is 0 Å². The summed E-state index contributed by atoms with van der Waals surface area (Å²) in [5.74, 6) is -0.569. The van der Waals surface area contributed by atoms with Crippen molar-refractivity contribution in [2.75, 3.05) is 6.54 Å². The second-order valence-electron chi connectivity index (χ2n) is 4.96. The smallest absolute Gasteiger partial charge is 0.216 e. The number of aromatic nitrogens is 1. The van der Waals surface area contributed by atoms with Crippen molar-refractivity contribution in [3.05, 3.63) is 59.1 Å². The monoisotopic (exact) mass is 358 g/mol. The third-order valence-corrected chi connectivity index (χ3v) is 4.46. The average molecular weight is 359 g/mol. The predicted molar refractivity (Wildman–Crippen MR) is 86.4 cm³/mol. The molecule has 5 nitrogen and oxygen atoms in total. The minimum absolute atomic E-state index is 0.0581. The number of nitrogens with one attached hydrogen (secondary N) is 1. The molecule has 0 bridgehead atoms. The highest BCUT2D eigenvalue weighted by atomic mass is 35.5. The lowest BCUT2D eigenvalue weighted by atomic mass is 10.2. The van der Waals surface area contributed by atoms with Gasteiger partial charge >= 0.3 is 0 Å². The fraction of sp³-hybridized carbons (Fsp3) is 0.267. The summed E-state index contributed by atoms with van der Waals surface area (Å²) >= 11 is 5.64. The fourth-order valence-corrected chi connectivity index (χ4v) is 3.22. The molecule has 1 atom stereocenters. The lowest BCUT2D eigenvalue weighted by Crippen LogP contribution is -2.34. The summed E-state index contributed by atoms with van der Waals surface area (Å²) in [7, 11) is -3.69. The molecule has 124 valence electrons. The predicted octanol–water partition coefficient (Wildman–Crippen LogP) is 2.76. The first-order valence-electron chi connectivity index (χ1n) is 6.84. The third-order valence-electron chi connectivity index (χ3n) is 2.92. The lowest BCUT2D eigenvalue weighted by Gasteiger charge is -2.15. The largest absolute Gasteiger partial charge is 0.488 e. The molecule has 0 fully saturated rings. The highest BCUT2D eigenvalue weighted by molar-refractivity contribution is 7.88. The Hall–Kier alpha value is -1.70. The van der Waals surface area contributed by atoms with E-state index >= 15 is 0 Å². The Bertz CT molecular complexity index is 757. The van der Waals surface area contributed by atoms with Gasteiger partial charge in [-0.2, -0.15) is 0 Å². The van der Waals surface area contributed by atoms with Gasteiger partial charge in [0.2, 0.25) is 10.0 Å². The van der Waals surface area contributed by atoms with E-state index in [1.165, 1.54) is 18.3 Å². The van der Waals surface area contributed by atoms with Gasteiger partial charge in [-0.25, -0.2) is 17.5 Å². The van der Waals surface area contributed by atoms with E-state index in [1.807, 2.05) is 0 Å². The Morgan fingerprint density at radius 2 is 2.17 bits per heavy atom. The van der Waals surface area contributed by atoms with Gasteiger partial charge in [-0.3, -0.25) is 4.98 Å². The second-order valence-corrected chi connectivity index (χ2v) is 7.20. The van der Waals surface area contributed by atoms with Crippen molar-refractivity contribution in [2.45, 2.75) is 18.8 Å². The normalized spacial score (nSPS) is 12.8. The van der Waals surface area contributed by atoms with Crippen LogP contribution in [0.25, 0.3) is 0 Å². The minimum atomic E-state index is -3.69. The molecule has 2 aromatic rings. The van der Waals surface area contributed by atoms with E-state index in [0.717, 1.165) is 6.07 Å². The summed E-state index contributed by atoms with van der Waals surface area (Å²) in [5.41, 5.74) is 0.0581. The molecule has 1 aromatic heterocycles. The summed E-state index contributed by atoms with van der Waals surface area (Å²) in [5, 5.41) is 0.218. The maximum absolute atomic E-state index is 13.7. The molecule has 23 heavy (non-hydrogen) atoms. The molecular formula is C15H16ClFN2O3S. The summed E-state index contributed by atoms with van der Waals surface area (Å²) in [6.07, 6.45) is 2.75. The molecule has 1 N–H and O–H groups in total. The van der Waals surface area contributed by atoms with Crippen LogP contribution in [0, 0.1) is 5.82 Å². The number of hydrogen-bond acceptors (Lipinski definition) is 4. The van der Waals surface area contributed by atoms with Gasteiger partial charge in [-0.05, 0) is 31.2 Å². The van der Waals surface area contributed by atoms with E-state index in [9.17, 15) is 12.8 Å². The summed E-state index contributed by atoms with van der Waals surface area (Å²) in [6, 6.07) is 7.33.